The average molecular weight is 214 g/mol. The zero-order chi connectivity index (χ0) is 11.7. The van der Waals surface area contributed by atoms with Gasteiger partial charge >= 0.3 is 5.97 Å². The highest BCUT2D eigenvalue weighted by Gasteiger charge is 2.06. The summed E-state index contributed by atoms with van der Waals surface area (Å²) in [5.41, 5.74) is 0. The maximum Gasteiger partial charge on any atom is 0.306 e. The van der Waals surface area contributed by atoms with E-state index in [1.165, 1.54) is 0 Å². The van der Waals surface area contributed by atoms with Crippen molar-refractivity contribution >= 4 is 11.8 Å². The van der Waals surface area contributed by atoms with Gasteiger partial charge in [-0.2, -0.15) is 0 Å². The molecule has 0 rings (SSSR count). The summed E-state index contributed by atoms with van der Waals surface area (Å²) < 4.78 is 5.12. The minimum atomic E-state index is -0.118. The number of carbonyl (C=O) groups excluding carboxylic acids is 2. The molecule has 0 aliphatic heterocycles. The number of rotatable bonds is 8. The van der Waals surface area contributed by atoms with Crippen LogP contribution in [0.5, 0.6) is 0 Å². The van der Waals surface area contributed by atoms with Gasteiger partial charge in [0, 0.05) is 12.8 Å². The van der Waals surface area contributed by atoms with Crippen molar-refractivity contribution in [3.05, 3.63) is 0 Å². The van der Waals surface area contributed by atoms with Crippen LogP contribution in [0.3, 0.4) is 0 Å². The molecule has 0 saturated carbocycles. The molecule has 3 heteroatoms. The Morgan fingerprint density at radius 2 is 1.73 bits per heavy atom. The molecule has 0 fully saturated rings. The van der Waals surface area contributed by atoms with E-state index in [0.717, 1.165) is 25.7 Å². The van der Waals surface area contributed by atoms with Gasteiger partial charge in [-0.15, -0.1) is 0 Å². The number of carbonyl (C=O) groups is 2. The molecule has 0 radical (unpaired) electrons. The smallest absolute Gasteiger partial charge is 0.306 e. The van der Waals surface area contributed by atoms with Gasteiger partial charge in [0.1, 0.15) is 5.78 Å². The van der Waals surface area contributed by atoms with Crippen LogP contribution in [0.4, 0.5) is 0 Å². The van der Waals surface area contributed by atoms with E-state index in [-0.39, 0.29) is 17.9 Å². The number of unbranched alkanes of at least 4 members (excludes halogenated alkanes) is 2. The van der Waals surface area contributed by atoms with Crippen LogP contribution in [-0.2, 0) is 14.3 Å². The van der Waals surface area contributed by atoms with E-state index in [1.807, 2.05) is 13.8 Å². The highest BCUT2D eigenvalue weighted by Crippen LogP contribution is 2.06. The zero-order valence-electron chi connectivity index (χ0n) is 10.0. The Morgan fingerprint density at radius 1 is 1.13 bits per heavy atom. The predicted octanol–water partition coefficient (Wildman–Crippen LogP) is 2.87. The van der Waals surface area contributed by atoms with Gasteiger partial charge in [0.05, 0.1) is 6.10 Å². The standard InChI is InChI=1S/C12H22O3/c1-4-11(3)15-12(14)9-7-5-6-8-10(2)13/h11H,4-9H2,1-3H3. The number of esters is 1. The van der Waals surface area contributed by atoms with E-state index in [0.29, 0.717) is 12.8 Å². The second-order valence-electron chi connectivity index (χ2n) is 3.97. The van der Waals surface area contributed by atoms with Crippen LogP contribution in [0.1, 0.15) is 59.3 Å². The van der Waals surface area contributed by atoms with Crippen LogP contribution in [0.25, 0.3) is 0 Å². The van der Waals surface area contributed by atoms with Crippen molar-refractivity contribution in [2.75, 3.05) is 0 Å². The highest BCUT2D eigenvalue weighted by molar-refractivity contribution is 5.75. The number of ether oxygens (including phenoxy) is 1. The predicted molar refractivity (Wildman–Crippen MR) is 59.6 cm³/mol. The Balaban J connectivity index is 3.35. The second-order valence-corrected chi connectivity index (χ2v) is 3.97. The Kier molecular flexibility index (Phi) is 7.96. The van der Waals surface area contributed by atoms with Crippen molar-refractivity contribution in [1.82, 2.24) is 0 Å². The van der Waals surface area contributed by atoms with Crippen LogP contribution in [-0.4, -0.2) is 17.9 Å². The van der Waals surface area contributed by atoms with Crippen LogP contribution < -0.4 is 0 Å². The fourth-order valence-electron chi connectivity index (χ4n) is 1.19. The molecule has 3 nitrogen and oxygen atoms in total. The lowest BCUT2D eigenvalue weighted by Crippen LogP contribution is -2.13. The van der Waals surface area contributed by atoms with Crippen LogP contribution >= 0.6 is 0 Å². The van der Waals surface area contributed by atoms with Crippen molar-refractivity contribution < 1.29 is 14.3 Å². The number of Topliss-reactive ketones (excluding diaryl/α,β-unsaturated/α-hetero) is 1. The molecule has 0 aliphatic rings. The maximum atomic E-state index is 11.2. The molecule has 0 aliphatic carbocycles. The first-order valence-corrected chi connectivity index (χ1v) is 5.75. The SMILES string of the molecule is CCC(C)OC(=O)CCCCCC(C)=O. The second kappa shape index (κ2) is 8.45. The number of ketones is 1. The third kappa shape index (κ3) is 9.44. The molecule has 0 bridgehead atoms. The lowest BCUT2D eigenvalue weighted by atomic mass is 10.1. The molecule has 1 unspecified atom stereocenters. The molecule has 0 aromatic rings. The molecule has 0 spiro atoms. The summed E-state index contributed by atoms with van der Waals surface area (Å²) in [7, 11) is 0. The van der Waals surface area contributed by atoms with Gasteiger partial charge in [0.2, 0.25) is 0 Å². The van der Waals surface area contributed by atoms with Crippen molar-refractivity contribution in [3.8, 4) is 0 Å². The first-order chi connectivity index (χ1) is 7.06. The van der Waals surface area contributed by atoms with Gasteiger partial charge in [0.15, 0.2) is 0 Å². The monoisotopic (exact) mass is 214 g/mol. The summed E-state index contributed by atoms with van der Waals surface area (Å²) in [5.74, 6) is 0.101. The maximum absolute atomic E-state index is 11.2. The summed E-state index contributed by atoms with van der Waals surface area (Å²) in [5, 5.41) is 0. The zero-order valence-corrected chi connectivity index (χ0v) is 10.0. The number of hydrogen-bond donors (Lipinski definition) is 0. The molecule has 0 saturated heterocycles. The summed E-state index contributed by atoms with van der Waals surface area (Å²) in [6.45, 7) is 5.48. The minimum absolute atomic E-state index is 0.0229. The Labute approximate surface area is 92.2 Å². The Hall–Kier alpha value is -0.860. The third-order valence-corrected chi connectivity index (χ3v) is 2.32. The van der Waals surface area contributed by atoms with Gasteiger partial charge in [0.25, 0.3) is 0 Å². The third-order valence-electron chi connectivity index (χ3n) is 2.32. The molecule has 88 valence electrons. The van der Waals surface area contributed by atoms with E-state index < -0.39 is 0 Å². The molecular weight excluding hydrogens is 192 g/mol. The van der Waals surface area contributed by atoms with E-state index >= 15 is 0 Å². The molecule has 0 aromatic carbocycles. The molecule has 15 heavy (non-hydrogen) atoms. The van der Waals surface area contributed by atoms with E-state index in [9.17, 15) is 9.59 Å². The fourth-order valence-corrected chi connectivity index (χ4v) is 1.19. The fraction of sp³-hybridized carbons (Fsp3) is 0.833. The van der Waals surface area contributed by atoms with Crippen LogP contribution in [0.15, 0.2) is 0 Å². The summed E-state index contributed by atoms with van der Waals surface area (Å²) in [6, 6.07) is 0. The van der Waals surface area contributed by atoms with Crippen molar-refractivity contribution in [2.45, 2.75) is 65.4 Å². The topological polar surface area (TPSA) is 43.4 Å². The lowest BCUT2D eigenvalue weighted by Gasteiger charge is -2.10. The molecule has 0 aromatic heterocycles. The van der Waals surface area contributed by atoms with E-state index in [2.05, 4.69) is 0 Å². The van der Waals surface area contributed by atoms with Crippen molar-refractivity contribution in [1.29, 1.82) is 0 Å². The summed E-state index contributed by atoms with van der Waals surface area (Å²) in [6.07, 6.45) is 4.61. The summed E-state index contributed by atoms with van der Waals surface area (Å²) in [4.78, 5) is 21.9. The number of hydrogen-bond acceptors (Lipinski definition) is 3. The minimum Gasteiger partial charge on any atom is -0.463 e. The molecule has 0 heterocycles. The summed E-state index contributed by atoms with van der Waals surface area (Å²) >= 11 is 0. The quantitative estimate of drug-likeness (QED) is 0.461. The molecule has 0 amide bonds. The van der Waals surface area contributed by atoms with E-state index in [4.69, 9.17) is 4.74 Å². The molecule has 1 atom stereocenters. The van der Waals surface area contributed by atoms with Crippen molar-refractivity contribution in [3.63, 3.8) is 0 Å². The van der Waals surface area contributed by atoms with Gasteiger partial charge in [-0.25, -0.2) is 0 Å². The van der Waals surface area contributed by atoms with Crippen molar-refractivity contribution in [2.24, 2.45) is 0 Å². The van der Waals surface area contributed by atoms with Gasteiger partial charge in [-0.1, -0.05) is 13.3 Å². The highest BCUT2D eigenvalue weighted by atomic mass is 16.5. The van der Waals surface area contributed by atoms with Gasteiger partial charge < -0.3 is 9.53 Å². The Bertz CT molecular complexity index is 199. The molecule has 0 N–H and O–H groups in total. The van der Waals surface area contributed by atoms with Crippen LogP contribution in [0, 0.1) is 0 Å². The van der Waals surface area contributed by atoms with Gasteiger partial charge in [-0.05, 0) is 33.1 Å². The Morgan fingerprint density at radius 3 is 2.27 bits per heavy atom. The van der Waals surface area contributed by atoms with Gasteiger partial charge in [-0.3, -0.25) is 4.79 Å². The first-order valence-electron chi connectivity index (χ1n) is 5.75. The lowest BCUT2D eigenvalue weighted by molar-refractivity contribution is -0.148. The normalized spacial score (nSPS) is 12.2. The molecular formula is C12H22O3. The average Bonchev–Trinajstić information content (AvgIpc) is 2.16. The van der Waals surface area contributed by atoms with Crippen LogP contribution in [0.2, 0.25) is 0 Å². The first kappa shape index (κ1) is 14.1. The largest absolute Gasteiger partial charge is 0.463 e. The van der Waals surface area contributed by atoms with E-state index in [1.54, 1.807) is 6.92 Å².